The monoisotopic (exact) mass is 251 g/mol. The van der Waals surface area contributed by atoms with Crippen molar-refractivity contribution in [3.05, 3.63) is 0 Å². The minimum absolute atomic E-state index is 0.179. The first-order valence-corrected chi connectivity index (χ1v) is 6.41. The molecule has 6 nitrogen and oxygen atoms in total. The fraction of sp³-hybridized carbons (Fsp3) is 0.750. The molecule has 2 rings (SSSR count). The molecule has 3 N–H and O–H groups in total. The van der Waals surface area contributed by atoms with Gasteiger partial charge >= 0.3 is 6.01 Å². The van der Waals surface area contributed by atoms with Crippen molar-refractivity contribution in [2.75, 3.05) is 24.7 Å². The highest BCUT2D eigenvalue weighted by atomic mass is 16.5. The van der Waals surface area contributed by atoms with Crippen LogP contribution < -0.4 is 15.8 Å². The SMILES string of the molecule is COc1nc(N)nc(NCC2(C)CCCCC2)n1. The lowest BCUT2D eigenvalue weighted by molar-refractivity contribution is 0.233. The maximum atomic E-state index is 5.59. The number of anilines is 2. The summed E-state index contributed by atoms with van der Waals surface area (Å²) in [4.78, 5) is 12.1. The van der Waals surface area contributed by atoms with Gasteiger partial charge in [-0.2, -0.15) is 15.0 Å². The van der Waals surface area contributed by atoms with Gasteiger partial charge in [-0.3, -0.25) is 0 Å². The zero-order chi connectivity index (χ0) is 13.0. The van der Waals surface area contributed by atoms with Gasteiger partial charge in [0.1, 0.15) is 0 Å². The number of nitrogen functional groups attached to an aromatic ring is 1. The Labute approximate surface area is 107 Å². The third-order valence-electron chi connectivity index (χ3n) is 3.55. The highest BCUT2D eigenvalue weighted by Crippen LogP contribution is 2.35. The van der Waals surface area contributed by atoms with E-state index in [0.29, 0.717) is 11.4 Å². The van der Waals surface area contributed by atoms with Crippen molar-refractivity contribution in [2.45, 2.75) is 39.0 Å². The summed E-state index contributed by atoms with van der Waals surface area (Å²) in [5.41, 5.74) is 5.92. The topological polar surface area (TPSA) is 86.0 Å². The molecule has 0 radical (unpaired) electrons. The molecule has 1 heterocycles. The van der Waals surface area contributed by atoms with Gasteiger partial charge in [0.25, 0.3) is 0 Å². The van der Waals surface area contributed by atoms with Crippen molar-refractivity contribution in [3.8, 4) is 6.01 Å². The molecule has 0 spiro atoms. The van der Waals surface area contributed by atoms with E-state index >= 15 is 0 Å². The van der Waals surface area contributed by atoms with Crippen LogP contribution in [0.15, 0.2) is 0 Å². The molecule has 0 aromatic carbocycles. The van der Waals surface area contributed by atoms with E-state index < -0.39 is 0 Å². The van der Waals surface area contributed by atoms with Crippen molar-refractivity contribution in [1.82, 2.24) is 15.0 Å². The van der Waals surface area contributed by atoms with E-state index in [4.69, 9.17) is 10.5 Å². The second-order valence-electron chi connectivity index (χ2n) is 5.23. The van der Waals surface area contributed by atoms with Crippen molar-refractivity contribution >= 4 is 11.9 Å². The Morgan fingerprint density at radius 3 is 2.61 bits per heavy atom. The summed E-state index contributed by atoms with van der Waals surface area (Å²) in [5.74, 6) is 0.671. The third-order valence-corrected chi connectivity index (χ3v) is 3.55. The number of aromatic nitrogens is 3. The molecular formula is C12H21N5O. The number of hydrogen-bond acceptors (Lipinski definition) is 6. The Balaban J connectivity index is 1.98. The van der Waals surface area contributed by atoms with E-state index in [1.807, 2.05) is 0 Å². The molecule has 1 aliphatic rings. The molecule has 0 amide bonds. The van der Waals surface area contributed by atoms with Crippen LogP contribution in [0.4, 0.5) is 11.9 Å². The second kappa shape index (κ2) is 5.37. The number of methoxy groups -OCH3 is 1. The Hall–Kier alpha value is -1.59. The van der Waals surface area contributed by atoms with Gasteiger partial charge in [-0.1, -0.05) is 26.2 Å². The van der Waals surface area contributed by atoms with Gasteiger partial charge in [-0.25, -0.2) is 0 Å². The average Bonchev–Trinajstić information content (AvgIpc) is 2.37. The van der Waals surface area contributed by atoms with Gasteiger partial charge in [0, 0.05) is 6.54 Å². The van der Waals surface area contributed by atoms with Crippen LogP contribution in [-0.2, 0) is 0 Å². The van der Waals surface area contributed by atoms with Crippen molar-refractivity contribution in [2.24, 2.45) is 5.41 Å². The van der Waals surface area contributed by atoms with Crippen LogP contribution in [0.2, 0.25) is 0 Å². The summed E-state index contributed by atoms with van der Waals surface area (Å²) < 4.78 is 4.97. The Kier molecular flexibility index (Phi) is 3.84. The number of ether oxygens (including phenoxy) is 1. The van der Waals surface area contributed by atoms with Crippen LogP contribution in [0.5, 0.6) is 6.01 Å². The molecule has 100 valence electrons. The van der Waals surface area contributed by atoms with Gasteiger partial charge in [0.05, 0.1) is 7.11 Å². The van der Waals surface area contributed by atoms with Gasteiger partial charge in [0.2, 0.25) is 11.9 Å². The Morgan fingerprint density at radius 2 is 1.94 bits per heavy atom. The van der Waals surface area contributed by atoms with Gasteiger partial charge in [-0.15, -0.1) is 0 Å². The number of rotatable bonds is 4. The van der Waals surface area contributed by atoms with Crippen LogP contribution in [0.3, 0.4) is 0 Å². The smallest absolute Gasteiger partial charge is 0.322 e. The average molecular weight is 251 g/mol. The maximum absolute atomic E-state index is 5.59. The molecular weight excluding hydrogens is 230 g/mol. The minimum Gasteiger partial charge on any atom is -0.467 e. The largest absolute Gasteiger partial charge is 0.467 e. The highest BCUT2D eigenvalue weighted by Gasteiger charge is 2.26. The van der Waals surface area contributed by atoms with Gasteiger partial charge in [0.15, 0.2) is 0 Å². The van der Waals surface area contributed by atoms with E-state index in [2.05, 4.69) is 27.2 Å². The standard InChI is InChI=1S/C12H21N5O/c1-12(6-4-3-5-7-12)8-14-10-15-9(13)16-11(17-10)18-2/h3-8H2,1-2H3,(H3,13,14,15,16,17). The van der Waals surface area contributed by atoms with E-state index in [1.165, 1.54) is 39.2 Å². The predicted molar refractivity (Wildman–Crippen MR) is 70.5 cm³/mol. The summed E-state index contributed by atoms with van der Waals surface area (Å²) in [5, 5.41) is 3.25. The second-order valence-corrected chi connectivity index (χ2v) is 5.23. The van der Waals surface area contributed by atoms with Crippen LogP contribution >= 0.6 is 0 Å². The number of nitrogens with one attached hydrogen (secondary N) is 1. The summed E-state index contributed by atoms with van der Waals surface area (Å²) in [6, 6.07) is 0.249. The molecule has 18 heavy (non-hydrogen) atoms. The molecule has 0 aliphatic heterocycles. The van der Waals surface area contributed by atoms with Gasteiger partial charge in [-0.05, 0) is 18.3 Å². The van der Waals surface area contributed by atoms with Crippen molar-refractivity contribution in [3.63, 3.8) is 0 Å². The van der Waals surface area contributed by atoms with E-state index in [9.17, 15) is 0 Å². The third kappa shape index (κ3) is 3.21. The predicted octanol–water partition coefficient (Wildman–Crippen LogP) is 1.84. The van der Waals surface area contributed by atoms with Crippen molar-refractivity contribution in [1.29, 1.82) is 0 Å². The Bertz CT molecular complexity index is 403. The van der Waals surface area contributed by atoms with Gasteiger partial charge < -0.3 is 15.8 Å². The first-order valence-electron chi connectivity index (χ1n) is 6.41. The number of nitrogens with two attached hydrogens (primary N) is 1. The zero-order valence-corrected chi connectivity index (χ0v) is 11.1. The molecule has 0 unspecified atom stereocenters. The summed E-state index contributed by atoms with van der Waals surface area (Å²) in [6.45, 7) is 3.17. The normalized spacial score (nSPS) is 18.3. The first kappa shape index (κ1) is 12.9. The van der Waals surface area contributed by atoms with Crippen molar-refractivity contribution < 1.29 is 4.74 Å². The van der Waals surface area contributed by atoms with E-state index in [0.717, 1.165) is 6.54 Å². The lowest BCUT2D eigenvalue weighted by atomic mass is 9.76. The molecule has 1 aromatic heterocycles. The molecule has 1 saturated carbocycles. The molecule has 6 heteroatoms. The molecule has 0 atom stereocenters. The quantitative estimate of drug-likeness (QED) is 0.849. The van der Waals surface area contributed by atoms with E-state index in [1.54, 1.807) is 0 Å². The number of nitrogens with zero attached hydrogens (tertiary/aromatic N) is 3. The maximum Gasteiger partial charge on any atom is 0.322 e. The Morgan fingerprint density at radius 1 is 1.22 bits per heavy atom. The highest BCUT2D eigenvalue weighted by molar-refractivity contribution is 5.32. The zero-order valence-electron chi connectivity index (χ0n) is 11.1. The van der Waals surface area contributed by atoms with Crippen LogP contribution in [-0.4, -0.2) is 28.6 Å². The first-order chi connectivity index (χ1) is 8.61. The summed E-state index contributed by atoms with van der Waals surface area (Å²) >= 11 is 0. The molecule has 1 fully saturated rings. The lowest BCUT2D eigenvalue weighted by Crippen LogP contribution is -2.29. The fourth-order valence-corrected chi connectivity index (χ4v) is 2.42. The number of hydrogen-bond donors (Lipinski definition) is 2. The molecule has 0 saturated heterocycles. The fourth-order valence-electron chi connectivity index (χ4n) is 2.42. The van der Waals surface area contributed by atoms with Crippen LogP contribution in [0, 0.1) is 5.41 Å². The van der Waals surface area contributed by atoms with Crippen LogP contribution in [0.1, 0.15) is 39.0 Å². The molecule has 1 aliphatic carbocycles. The molecule has 1 aromatic rings. The molecule has 0 bridgehead atoms. The summed E-state index contributed by atoms with van der Waals surface area (Å²) in [7, 11) is 1.51. The lowest BCUT2D eigenvalue weighted by Gasteiger charge is -2.33. The van der Waals surface area contributed by atoms with Crippen LogP contribution in [0.25, 0.3) is 0 Å². The summed E-state index contributed by atoms with van der Waals surface area (Å²) in [6.07, 6.45) is 6.46. The minimum atomic E-state index is 0.179. The van der Waals surface area contributed by atoms with E-state index in [-0.39, 0.29) is 12.0 Å².